The molecule has 0 radical (unpaired) electrons. The van der Waals surface area contributed by atoms with Crippen molar-refractivity contribution in [3.63, 3.8) is 0 Å². The molecule has 4 nitrogen and oxygen atoms in total. The SMILES string of the molecule is Cc1cc(C#CCO)cc(C(=O)N2CCOC(C)(C)C2)c1. The molecule has 21 heavy (non-hydrogen) atoms. The van der Waals surface area contributed by atoms with Crippen LogP contribution in [-0.2, 0) is 4.74 Å². The summed E-state index contributed by atoms with van der Waals surface area (Å²) in [5, 5.41) is 8.77. The summed E-state index contributed by atoms with van der Waals surface area (Å²) in [6, 6.07) is 5.55. The highest BCUT2D eigenvalue weighted by molar-refractivity contribution is 5.95. The molecule has 0 bridgehead atoms. The largest absolute Gasteiger partial charge is 0.384 e. The maximum absolute atomic E-state index is 12.6. The van der Waals surface area contributed by atoms with E-state index in [2.05, 4.69) is 11.8 Å². The highest BCUT2D eigenvalue weighted by Crippen LogP contribution is 2.19. The van der Waals surface area contributed by atoms with E-state index in [0.717, 1.165) is 11.1 Å². The number of carbonyl (C=O) groups excluding carboxylic acids is 1. The predicted molar refractivity (Wildman–Crippen MR) is 81.1 cm³/mol. The minimum absolute atomic E-state index is 0.00197. The third-order valence-electron chi connectivity index (χ3n) is 3.35. The molecule has 0 saturated carbocycles. The van der Waals surface area contributed by atoms with E-state index in [1.54, 1.807) is 6.07 Å². The highest BCUT2D eigenvalue weighted by Gasteiger charge is 2.30. The molecule has 1 fully saturated rings. The maximum Gasteiger partial charge on any atom is 0.254 e. The Hall–Kier alpha value is -1.83. The lowest BCUT2D eigenvalue weighted by molar-refractivity contribution is -0.0764. The lowest BCUT2D eigenvalue weighted by Crippen LogP contribution is -2.50. The molecule has 1 aliphatic heterocycles. The summed E-state index contributed by atoms with van der Waals surface area (Å²) in [4.78, 5) is 14.5. The molecule has 0 atom stereocenters. The molecule has 0 spiro atoms. The van der Waals surface area contributed by atoms with Gasteiger partial charge in [0, 0.05) is 24.2 Å². The second-order valence-corrected chi connectivity index (χ2v) is 5.88. The average molecular weight is 287 g/mol. The van der Waals surface area contributed by atoms with Gasteiger partial charge in [0.2, 0.25) is 0 Å². The van der Waals surface area contributed by atoms with E-state index >= 15 is 0 Å². The van der Waals surface area contributed by atoms with Crippen molar-refractivity contribution in [2.45, 2.75) is 26.4 Å². The number of nitrogens with zero attached hydrogens (tertiary/aromatic N) is 1. The molecular formula is C17H21NO3. The second-order valence-electron chi connectivity index (χ2n) is 5.88. The zero-order valence-electron chi connectivity index (χ0n) is 12.8. The van der Waals surface area contributed by atoms with Crippen LogP contribution in [0, 0.1) is 18.8 Å². The van der Waals surface area contributed by atoms with Crippen molar-refractivity contribution in [3.05, 3.63) is 34.9 Å². The first-order valence-corrected chi connectivity index (χ1v) is 7.06. The summed E-state index contributed by atoms with van der Waals surface area (Å²) in [5.41, 5.74) is 2.06. The molecule has 1 aromatic rings. The van der Waals surface area contributed by atoms with Gasteiger partial charge in [0.15, 0.2) is 0 Å². The lowest BCUT2D eigenvalue weighted by atomic mass is 10.0. The van der Waals surface area contributed by atoms with Gasteiger partial charge in [-0.1, -0.05) is 11.8 Å². The first-order chi connectivity index (χ1) is 9.91. The van der Waals surface area contributed by atoms with Gasteiger partial charge in [0.25, 0.3) is 5.91 Å². The Morgan fingerprint density at radius 2 is 2.19 bits per heavy atom. The number of ether oxygens (including phenoxy) is 1. The third-order valence-corrected chi connectivity index (χ3v) is 3.35. The van der Waals surface area contributed by atoms with Gasteiger partial charge in [-0.05, 0) is 44.5 Å². The van der Waals surface area contributed by atoms with Crippen molar-refractivity contribution < 1.29 is 14.6 Å². The normalized spacial score (nSPS) is 17.0. The zero-order chi connectivity index (χ0) is 15.5. The Morgan fingerprint density at radius 1 is 1.43 bits per heavy atom. The minimum atomic E-state index is -0.308. The Labute approximate surface area is 125 Å². The summed E-state index contributed by atoms with van der Waals surface area (Å²) in [6.45, 7) is 7.47. The molecule has 1 amide bonds. The molecule has 1 heterocycles. The fraction of sp³-hybridized carbons (Fsp3) is 0.471. The fourth-order valence-corrected chi connectivity index (χ4v) is 2.49. The Morgan fingerprint density at radius 3 is 2.86 bits per heavy atom. The van der Waals surface area contributed by atoms with Crippen LogP contribution in [0.5, 0.6) is 0 Å². The van der Waals surface area contributed by atoms with E-state index in [1.165, 1.54) is 0 Å². The molecule has 1 aromatic carbocycles. The van der Waals surface area contributed by atoms with Gasteiger partial charge >= 0.3 is 0 Å². The van der Waals surface area contributed by atoms with Crippen molar-refractivity contribution in [1.82, 2.24) is 4.90 Å². The smallest absolute Gasteiger partial charge is 0.254 e. The number of amides is 1. The summed E-state index contributed by atoms with van der Waals surface area (Å²) < 4.78 is 5.64. The summed E-state index contributed by atoms with van der Waals surface area (Å²) in [6.07, 6.45) is 0. The van der Waals surface area contributed by atoms with Gasteiger partial charge in [-0.15, -0.1) is 0 Å². The number of hydrogen-bond donors (Lipinski definition) is 1. The second kappa shape index (κ2) is 6.30. The minimum Gasteiger partial charge on any atom is -0.384 e. The highest BCUT2D eigenvalue weighted by atomic mass is 16.5. The monoisotopic (exact) mass is 287 g/mol. The van der Waals surface area contributed by atoms with Gasteiger partial charge in [-0.25, -0.2) is 0 Å². The fourth-order valence-electron chi connectivity index (χ4n) is 2.49. The summed E-state index contributed by atoms with van der Waals surface area (Å²) >= 11 is 0. The molecule has 2 rings (SSSR count). The zero-order valence-corrected chi connectivity index (χ0v) is 12.8. The van der Waals surface area contributed by atoms with Crippen LogP contribution in [0.3, 0.4) is 0 Å². The number of hydrogen-bond acceptors (Lipinski definition) is 3. The number of rotatable bonds is 1. The van der Waals surface area contributed by atoms with Crippen LogP contribution in [0.4, 0.5) is 0 Å². The van der Waals surface area contributed by atoms with Crippen molar-refractivity contribution in [2.24, 2.45) is 0 Å². The predicted octanol–water partition coefficient (Wildman–Crippen LogP) is 1.59. The standard InChI is InChI=1S/C17H21NO3/c1-13-9-14(5-4-7-19)11-15(10-13)16(20)18-6-8-21-17(2,3)12-18/h9-11,19H,6-8,12H2,1-3H3. The number of morpholine rings is 1. The van der Waals surface area contributed by atoms with E-state index < -0.39 is 0 Å². The van der Waals surface area contributed by atoms with Crippen LogP contribution in [-0.4, -0.2) is 47.8 Å². The van der Waals surface area contributed by atoms with Gasteiger partial charge in [0.1, 0.15) is 6.61 Å². The number of aliphatic hydroxyl groups excluding tert-OH is 1. The van der Waals surface area contributed by atoms with Gasteiger partial charge in [-0.2, -0.15) is 0 Å². The van der Waals surface area contributed by atoms with Crippen LogP contribution in [0.2, 0.25) is 0 Å². The van der Waals surface area contributed by atoms with Gasteiger partial charge in [0.05, 0.1) is 12.2 Å². The van der Waals surface area contributed by atoms with Gasteiger partial charge < -0.3 is 14.7 Å². The quantitative estimate of drug-likeness (QED) is 0.798. The Balaban J connectivity index is 2.24. The number of aliphatic hydroxyl groups is 1. The van der Waals surface area contributed by atoms with E-state index in [0.29, 0.717) is 25.3 Å². The van der Waals surface area contributed by atoms with E-state index in [9.17, 15) is 4.79 Å². The van der Waals surface area contributed by atoms with E-state index in [4.69, 9.17) is 9.84 Å². The van der Waals surface area contributed by atoms with Crippen LogP contribution < -0.4 is 0 Å². The van der Waals surface area contributed by atoms with E-state index in [1.807, 2.05) is 37.8 Å². The molecule has 112 valence electrons. The Kier molecular flexibility index (Phi) is 4.66. The third kappa shape index (κ3) is 4.07. The molecular weight excluding hydrogens is 266 g/mol. The topological polar surface area (TPSA) is 49.8 Å². The number of carbonyl (C=O) groups is 1. The first kappa shape index (κ1) is 15.6. The van der Waals surface area contributed by atoms with Crippen LogP contribution in [0.1, 0.15) is 35.3 Å². The number of aryl methyl sites for hydroxylation is 1. The molecule has 0 aromatic heterocycles. The molecule has 4 heteroatoms. The lowest BCUT2D eigenvalue weighted by Gasteiger charge is -2.38. The maximum atomic E-state index is 12.6. The molecule has 0 unspecified atom stereocenters. The van der Waals surface area contributed by atoms with E-state index in [-0.39, 0.29) is 18.1 Å². The van der Waals surface area contributed by atoms with Crippen molar-refractivity contribution in [1.29, 1.82) is 0 Å². The molecule has 0 aliphatic carbocycles. The van der Waals surface area contributed by atoms with Crippen molar-refractivity contribution in [3.8, 4) is 11.8 Å². The number of benzene rings is 1. The summed E-state index contributed by atoms with van der Waals surface area (Å²) in [7, 11) is 0. The molecule has 1 N–H and O–H groups in total. The van der Waals surface area contributed by atoms with Crippen LogP contribution in [0.25, 0.3) is 0 Å². The van der Waals surface area contributed by atoms with Crippen molar-refractivity contribution in [2.75, 3.05) is 26.3 Å². The molecule has 1 aliphatic rings. The van der Waals surface area contributed by atoms with Crippen molar-refractivity contribution >= 4 is 5.91 Å². The average Bonchev–Trinajstić information content (AvgIpc) is 2.42. The Bertz CT molecular complexity index is 596. The molecule has 1 saturated heterocycles. The van der Waals surface area contributed by atoms with Crippen LogP contribution >= 0.6 is 0 Å². The summed E-state index contributed by atoms with van der Waals surface area (Å²) in [5.74, 6) is 5.47. The van der Waals surface area contributed by atoms with Crippen LogP contribution in [0.15, 0.2) is 18.2 Å². The van der Waals surface area contributed by atoms with Gasteiger partial charge in [-0.3, -0.25) is 4.79 Å². The first-order valence-electron chi connectivity index (χ1n) is 7.06.